The molecular weight excluding hydrogens is 486 g/mol. The van der Waals surface area contributed by atoms with Crippen LogP contribution in [0.15, 0.2) is 48.5 Å². The Morgan fingerprint density at radius 2 is 1.10 bits per heavy atom. The Bertz CT molecular complexity index is 1050. The molecule has 0 radical (unpaired) electrons. The van der Waals surface area contributed by atoms with Crippen LogP contribution in [0.2, 0.25) is 0 Å². The molecule has 2 aliphatic rings. The predicted octanol–water partition coefficient (Wildman–Crippen LogP) is 10.7. The van der Waals surface area contributed by atoms with E-state index in [9.17, 15) is 0 Å². The van der Waals surface area contributed by atoms with Crippen LogP contribution in [0.4, 0.5) is 0 Å². The Labute approximate surface area is 247 Å². The fourth-order valence-electron chi connectivity index (χ4n) is 6.50. The molecule has 0 N–H and O–H groups in total. The number of nitrogens with zero attached hydrogens (tertiary/aromatic N) is 1. The minimum atomic E-state index is 1.00. The molecule has 40 heavy (non-hydrogen) atoms. The molecular formula is C38H60NO+. The summed E-state index contributed by atoms with van der Waals surface area (Å²) in [5, 5.41) is 5.64. The average molecular weight is 547 g/mol. The summed E-state index contributed by atoms with van der Waals surface area (Å²) in [4.78, 5) is 0. The predicted molar refractivity (Wildman–Crippen MR) is 178 cm³/mol. The molecule has 3 aromatic carbocycles. The van der Waals surface area contributed by atoms with Gasteiger partial charge in [-0.1, -0.05) is 102 Å². The summed E-state index contributed by atoms with van der Waals surface area (Å²) in [6.07, 6.45) is 18.8. The zero-order valence-electron chi connectivity index (χ0n) is 26.6. The lowest BCUT2D eigenvalue weighted by Crippen LogP contribution is -2.50. The van der Waals surface area contributed by atoms with Crippen LogP contribution in [0.3, 0.4) is 0 Å². The van der Waals surface area contributed by atoms with Gasteiger partial charge >= 0.3 is 0 Å². The summed E-state index contributed by atoms with van der Waals surface area (Å²) >= 11 is 0. The fraction of sp³-hybridized carbons (Fsp3) is 0.632. The molecule has 1 heterocycles. The Hall–Kier alpha value is -1.90. The van der Waals surface area contributed by atoms with E-state index in [0.29, 0.717) is 0 Å². The largest absolute Gasteiger partial charge is 0.381 e. The number of ether oxygens (including phenoxy) is 1. The second kappa shape index (κ2) is 18.5. The maximum absolute atomic E-state index is 4.94. The first-order chi connectivity index (χ1) is 19.7. The topological polar surface area (TPSA) is 9.23 Å². The molecule has 1 saturated heterocycles. The van der Waals surface area contributed by atoms with Crippen molar-refractivity contribution in [3.63, 3.8) is 0 Å². The molecule has 0 aromatic heterocycles. The molecule has 0 bridgehead atoms. The molecule has 5 rings (SSSR count). The van der Waals surface area contributed by atoms with Crippen LogP contribution in [0, 0.1) is 0 Å². The van der Waals surface area contributed by atoms with Crippen molar-refractivity contribution in [2.24, 2.45) is 0 Å². The van der Waals surface area contributed by atoms with Crippen LogP contribution in [0.25, 0.3) is 21.5 Å². The summed E-state index contributed by atoms with van der Waals surface area (Å²) < 4.78 is 6.36. The molecule has 0 unspecified atom stereocenters. The van der Waals surface area contributed by atoms with E-state index in [2.05, 4.69) is 76.2 Å². The number of unbranched alkanes of at least 4 members (excludes halogenated alkanes) is 4. The molecule has 1 aliphatic carbocycles. The van der Waals surface area contributed by atoms with Crippen LogP contribution in [-0.2, 0) is 17.6 Å². The van der Waals surface area contributed by atoms with Gasteiger partial charge in [0, 0.05) is 13.2 Å². The Balaban J connectivity index is 0.000000188. The molecule has 222 valence electrons. The van der Waals surface area contributed by atoms with Gasteiger partial charge in [0.1, 0.15) is 0 Å². The number of fused-ring (bicyclic) bond motifs is 5. The van der Waals surface area contributed by atoms with Crippen molar-refractivity contribution in [1.29, 1.82) is 0 Å². The monoisotopic (exact) mass is 546 g/mol. The SMILES string of the molecule is C1CCOC1.CCCC[N+](CCCC)(CCCC)CCCC.c1ccc2c(c1)ccc1c3c(ccc12)CCCC3. The first-order valence-corrected chi connectivity index (χ1v) is 17.0. The maximum Gasteiger partial charge on any atom is 0.0786 e. The fourth-order valence-corrected chi connectivity index (χ4v) is 6.50. The smallest absolute Gasteiger partial charge is 0.0786 e. The summed E-state index contributed by atoms with van der Waals surface area (Å²) in [5.74, 6) is 0. The maximum atomic E-state index is 4.94. The highest BCUT2D eigenvalue weighted by Gasteiger charge is 2.24. The molecule has 1 fully saturated rings. The van der Waals surface area contributed by atoms with Crippen LogP contribution in [0.1, 0.15) is 116 Å². The Morgan fingerprint density at radius 3 is 1.65 bits per heavy atom. The third-order valence-corrected chi connectivity index (χ3v) is 9.03. The van der Waals surface area contributed by atoms with E-state index < -0.39 is 0 Å². The standard InChI is InChI=1S/C18H16.C16H36N.C4H8O/c1-3-7-15-13(5-1)9-11-18-16-8-4-2-6-14(16)10-12-17(15)18;1-5-9-13-17(14-10-6-2,15-11-7-3)16-12-8-4;1-2-4-5-3-1/h1,3,5,7,9-12H,2,4,6,8H2;5-16H2,1-4H3;1-4H2/q;+1;. The highest BCUT2D eigenvalue weighted by molar-refractivity contribution is 6.08. The van der Waals surface area contributed by atoms with Crippen molar-refractivity contribution in [2.45, 2.75) is 118 Å². The second-order valence-corrected chi connectivity index (χ2v) is 12.3. The van der Waals surface area contributed by atoms with E-state index in [0.717, 1.165) is 13.2 Å². The zero-order valence-corrected chi connectivity index (χ0v) is 26.6. The van der Waals surface area contributed by atoms with Gasteiger partial charge in [-0.3, -0.25) is 0 Å². The average Bonchev–Trinajstić information content (AvgIpc) is 3.61. The lowest BCUT2D eigenvalue weighted by Gasteiger charge is -2.39. The van der Waals surface area contributed by atoms with E-state index in [1.165, 1.54) is 142 Å². The number of rotatable bonds is 12. The van der Waals surface area contributed by atoms with Crippen LogP contribution in [0.5, 0.6) is 0 Å². The van der Waals surface area contributed by atoms with Gasteiger partial charge in [0.05, 0.1) is 26.2 Å². The molecule has 2 heteroatoms. The highest BCUT2D eigenvalue weighted by atomic mass is 16.5. The summed E-state index contributed by atoms with van der Waals surface area (Å²) in [6, 6.07) is 18.0. The van der Waals surface area contributed by atoms with Gasteiger partial charge in [-0.25, -0.2) is 0 Å². The van der Waals surface area contributed by atoms with E-state index in [4.69, 9.17) is 4.74 Å². The van der Waals surface area contributed by atoms with Crippen LogP contribution in [-0.4, -0.2) is 43.9 Å². The summed E-state index contributed by atoms with van der Waals surface area (Å²) in [5.41, 5.74) is 3.17. The Kier molecular flexibility index (Phi) is 15.1. The van der Waals surface area contributed by atoms with E-state index in [1.54, 1.807) is 11.1 Å². The Morgan fingerprint density at radius 1 is 0.550 bits per heavy atom. The highest BCUT2D eigenvalue weighted by Crippen LogP contribution is 2.33. The lowest BCUT2D eigenvalue weighted by atomic mass is 9.86. The number of hydrogen-bond acceptors (Lipinski definition) is 1. The number of benzene rings is 3. The molecule has 1 aliphatic heterocycles. The number of aryl methyl sites for hydroxylation is 2. The third kappa shape index (κ3) is 9.88. The second-order valence-electron chi connectivity index (χ2n) is 12.3. The quantitative estimate of drug-likeness (QED) is 0.162. The summed E-state index contributed by atoms with van der Waals surface area (Å²) in [7, 11) is 0. The number of quaternary nitrogens is 1. The lowest BCUT2D eigenvalue weighted by molar-refractivity contribution is -0.929. The molecule has 0 saturated carbocycles. The van der Waals surface area contributed by atoms with Gasteiger partial charge in [-0.15, -0.1) is 0 Å². The third-order valence-electron chi connectivity index (χ3n) is 9.03. The van der Waals surface area contributed by atoms with Gasteiger partial charge in [0.25, 0.3) is 0 Å². The van der Waals surface area contributed by atoms with Gasteiger partial charge < -0.3 is 9.22 Å². The minimum absolute atomic E-state index is 1.00. The molecule has 0 spiro atoms. The van der Waals surface area contributed by atoms with Crippen molar-refractivity contribution in [3.8, 4) is 0 Å². The van der Waals surface area contributed by atoms with Crippen molar-refractivity contribution < 1.29 is 9.22 Å². The van der Waals surface area contributed by atoms with Crippen LogP contribution >= 0.6 is 0 Å². The molecule has 0 atom stereocenters. The van der Waals surface area contributed by atoms with Crippen molar-refractivity contribution in [3.05, 3.63) is 59.7 Å². The minimum Gasteiger partial charge on any atom is -0.381 e. The number of hydrogen-bond donors (Lipinski definition) is 0. The van der Waals surface area contributed by atoms with Gasteiger partial charge in [0.2, 0.25) is 0 Å². The van der Waals surface area contributed by atoms with Crippen molar-refractivity contribution >= 4 is 21.5 Å². The van der Waals surface area contributed by atoms with Crippen molar-refractivity contribution in [1.82, 2.24) is 0 Å². The van der Waals surface area contributed by atoms with Crippen molar-refractivity contribution in [2.75, 3.05) is 39.4 Å². The first-order valence-electron chi connectivity index (χ1n) is 17.0. The van der Waals surface area contributed by atoms with Gasteiger partial charge in [-0.2, -0.15) is 0 Å². The van der Waals surface area contributed by atoms with Gasteiger partial charge in [0.15, 0.2) is 0 Å². The van der Waals surface area contributed by atoms with Gasteiger partial charge in [-0.05, 0) is 96.9 Å². The van der Waals surface area contributed by atoms with E-state index in [1.807, 2.05) is 0 Å². The van der Waals surface area contributed by atoms with E-state index in [-0.39, 0.29) is 0 Å². The summed E-state index contributed by atoms with van der Waals surface area (Å²) in [6.45, 7) is 17.0. The molecule has 0 amide bonds. The molecule has 2 nitrogen and oxygen atoms in total. The van der Waals surface area contributed by atoms with Crippen LogP contribution < -0.4 is 0 Å². The molecule has 3 aromatic rings. The zero-order chi connectivity index (χ0) is 28.5. The normalized spacial score (nSPS) is 14.8. The van der Waals surface area contributed by atoms with E-state index >= 15 is 0 Å². The first kappa shape index (κ1) is 32.6.